The fourth-order valence-corrected chi connectivity index (χ4v) is 2.68. The molecule has 0 fully saturated rings. The molecule has 0 saturated heterocycles. The van der Waals surface area contributed by atoms with Crippen molar-refractivity contribution in [3.05, 3.63) is 76.3 Å². The van der Waals surface area contributed by atoms with Gasteiger partial charge in [0.25, 0.3) is 5.91 Å². The summed E-state index contributed by atoms with van der Waals surface area (Å²) in [5.41, 5.74) is 2.70. The Morgan fingerprint density at radius 3 is 2.79 bits per heavy atom. The van der Waals surface area contributed by atoms with Crippen molar-refractivity contribution in [1.29, 1.82) is 10.5 Å². The Labute approximate surface area is 169 Å². The Morgan fingerprint density at radius 2 is 2.11 bits per heavy atom. The maximum atomic E-state index is 12.5. The predicted molar refractivity (Wildman–Crippen MR) is 110 cm³/mol. The molecule has 28 heavy (non-hydrogen) atoms. The first-order chi connectivity index (χ1) is 13.5. The Kier molecular flexibility index (Phi) is 7.39. The number of rotatable bonds is 7. The number of carbonyl (C=O) groups is 1. The molecule has 1 amide bonds. The number of nitrogens with one attached hydrogen (secondary N) is 1. The minimum atomic E-state index is -0.525. The van der Waals surface area contributed by atoms with Crippen molar-refractivity contribution < 1.29 is 9.53 Å². The fraction of sp³-hybridized carbons (Fsp3) is 0.136. The third-order valence-electron chi connectivity index (χ3n) is 3.93. The highest BCUT2D eigenvalue weighted by Crippen LogP contribution is 2.25. The number of ether oxygens (including phenoxy) is 1. The molecule has 0 aromatic heterocycles. The molecule has 0 radical (unpaired) electrons. The van der Waals surface area contributed by atoms with Gasteiger partial charge in [-0.15, -0.1) is 6.58 Å². The monoisotopic (exact) mass is 391 g/mol. The van der Waals surface area contributed by atoms with Gasteiger partial charge in [0.15, 0.2) is 6.61 Å². The molecule has 2 aromatic rings. The smallest absolute Gasteiger partial charge is 0.266 e. The molecule has 0 heterocycles. The summed E-state index contributed by atoms with van der Waals surface area (Å²) in [5.74, 6) is 0.0408. The van der Waals surface area contributed by atoms with E-state index in [1.807, 2.05) is 12.1 Å². The lowest BCUT2D eigenvalue weighted by molar-refractivity contribution is -0.112. The van der Waals surface area contributed by atoms with Gasteiger partial charge >= 0.3 is 0 Å². The summed E-state index contributed by atoms with van der Waals surface area (Å²) in [6.45, 7) is 5.43. The van der Waals surface area contributed by atoms with Crippen LogP contribution in [0, 0.1) is 29.6 Å². The highest BCUT2D eigenvalue weighted by Gasteiger charge is 2.12. The molecule has 0 aliphatic rings. The molecule has 0 unspecified atom stereocenters. The van der Waals surface area contributed by atoms with Crippen LogP contribution in [0.25, 0.3) is 6.08 Å². The predicted octanol–water partition coefficient (Wildman–Crippen LogP) is 4.82. The molecule has 2 rings (SSSR count). The molecular weight excluding hydrogens is 374 g/mol. The molecule has 5 nitrogen and oxygen atoms in total. The van der Waals surface area contributed by atoms with Crippen molar-refractivity contribution in [3.63, 3.8) is 0 Å². The summed E-state index contributed by atoms with van der Waals surface area (Å²) in [6.07, 6.45) is 3.73. The van der Waals surface area contributed by atoms with Gasteiger partial charge in [-0.25, -0.2) is 0 Å². The maximum absolute atomic E-state index is 12.5. The number of nitriles is 2. The average Bonchev–Trinajstić information content (AvgIpc) is 2.69. The SMILES string of the molecule is C=CCc1cc(/C=C(/C#N)C(=O)Nc2cccc(Cl)c2C)ccc1OCC#N. The zero-order valence-corrected chi connectivity index (χ0v) is 16.1. The van der Waals surface area contributed by atoms with E-state index in [2.05, 4.69) is 11.9 Å². The number of allylic oxidation sites excluding steroid dienone is 1. The number of nitrogens with zero attached hydrogens (tertiary/aromatic N) is 2. The normalized spacial score (nSPS) is 10.5. The molecule has 140 valence electrons. The van der Waals surface area contributed by atoms with Crippen LogP contribution in [0.1, 0.15) is 16.7 Å². The molecule has 0 aliphatic carbocycles. The Balaban J connectivity index is 2.30. The first kappa shape index (κ1) is 20.8. The highest BCUT2D eigenvalue weighted by molar-refractivity contribution is 6.31. The molecule has 2 aromatic carbocycles. The van der Waals surface area contributed by atoms with Crippen molar-refractivity contribution in [1.82, 2.24) is 0 Å². The summed E-state index contributed by atoms with van der Waals surface area (Å²) in [6, 6.07) is 14.2. The van der Waals surface area contributed by atoms with Gasteiger partial charge in [-0.2, -0.15) is 10.5 Å². The van der Waals surface area contributed by atoms with Crippen molar-refractivity contribution in [3.8, 4) is 17.9 Å². The Morgan fingerprint density at radius 1 is 1.32 bits per heavy atom. The van der Waals surface area contributed by atoms with Crippen LogP contribution in [-0.4, -0.2) is 12.5 Å². The summed E-state index contributed by atoms with van der Waals surface area (Å²) >= 11 is 6.07. The first-order valence-electron chi connectivity index (χ1n) is 8.42. The topological polar surface area (TPSA) is 85.9 Å². The van der Waals surface area contributed by atoms with Crippen LogP contribution in [0.15, 0.2) is 54.6 Å². The molecule has 1 N–H and O–H groups in total. The number of benzene rings is 2. The third kappa shape index (κ3) is 5.23. The van der Waals surface area contributed by atoms with E-state index >= 15 is 0 Å². The quantitative estimate of drug-likeness (QED) is 0.416. The van der Waals surface area contributed by atoms with Crippen LogP contribution >= 0.6 is 11.6 Å². The van der Waals surface area contributed by atoms with Crippen LogP contribution in [-0.2, 0) is 11.2 Å². The third-order valence-corrected chi connectivity index (χ3v) is 4.34. The van der Waals surface area contributed by atoms with Gasteiger partial charge in [0.1, 0.15) is 23.5 Å². The summed E-state index contributed by atoms with van der Waals surface area (Å²) in [5, 5.41) is 21.3. The van der Waals surface area contributed by atoms with Gasteiger partial charge in [0.05, 0.1) is 0 Å². The molecule has 0 atom stereocenters. The van der Waals surface area contributed by atoms with E-state index in [1.54, 1.807) is 49.4 Å². The summed E-state index contributed by atoms with van der Waals surface area (Å²) in [7, 11) is 0. The standard InChI is InChI=1S/C22H18ClN3O2/c1-3-5-17-12-16(8-9-21(17)28-11-10-24)13-18(14-25)22(27)26-20-7-4-6-19(23)15(20)2/h3-4,6-9,12-13H,1,5,11H2,2H3,(H,26,27)/b18-13-. The lowest BCUT2D eigenvalue weighted by atomic mass is 10.0. The molecule has 0 aliphatic heterocycles. The van der Waals surface area contributed by atoms with Gasteiger partial charge < -0.3 is 10.1 Å². The van der Waals surface area contributed by atoms with Crippen LogP contribution in [0.4, 0.5) is 5.69 Å². The molecule has 0 bridgehead atoms. The Bertz CT molecular complexity index is 1010. The average molecular weight is 392 g/mol. The van der Waals surface area contributed by atoms with Crippen LogP contribution in [0.5, 0.6) is 5.75 Å². The summed E-state index contributed by atoms with van der Waals surface area (Å²) < 4.78 is 5.39. The zero-order valence-electron chi connectivity index (χ0n) is 15.3. The van der Waals surface area contributed by atoms with Crippen molar-refractivity contribution >= 4 is 29.3 Å². The molecule has 0 saturated carbocycles. The van der Waals surface area contributed by atoms with Gasteiger partial charge in [-0.3, -0.25) is 4.79 Å². The number of carbonyl (C=O) groups excluding carboxylic acids is 1. The molecular formula is C22H18ClN3O2. The van der Waals surface area contributed by atoms with Crippen LogP contribution < -0.4 is 10.1 Å². The van der Waals surface area contributed by atoms with E-state index in [9.17, 15) is 10.1 Å². The van der Waals surface area contributed by atoms with E-state index in [4.69, 9.17) is 21.6 Å². The van der Waals surface area contributed by atoms with Crippen molar-refractivity contribution in [2.24, 2.45) is 0 Å². The number of amides is 1. The molecule has 6 heteroatoms. The van der Waals surface area contributed by atoms with E-state index in [-0.39, 0.29) is 12.2 Å². The second-order valence-corrected chi connectivity index (χ2v) is 6.25. The van der Waals surface area contributed by atoms with Crippen LogP contribution in [0.3, 0.4) is 0 Å². The first-order valence-corrected chi connectivity index (χ1v) is 8.79. The van der Waals surface area contributed by atoms with E-state index < -0.39 is 5.91 Å². The van der Waals surface area contributed by atoms with Gasteiger partial charge in [0.2, 0.25) is 0 Å². The zero-order chi connectivity index (χ0) is 20.5. The number of halogens is 1. The fourth-order valence-electron chi connectivity index (χ4n) is 2.50. The van der Waals surface area contributed by atoms with E-state index in [0.29, 0.717) is 28.4 Å². The van der Waals surface area contributed by atoms with Gasteiger partial charge in [0, 0.05) is 10.7 Å². The lowest BCUT2D eigenvalue weighted by Gasteiger charge is -2.10. The van der Waals surface area contributed by atoms with Crippen molar-refractivity contribution in [2.75, 3.05) is 11.9 Å². The Hall–Kier alpha value is -3.54. The van der Waals surface area contributed by atoms with Gasteiger partial charge in [-0.1, -0.05) is 29.8 Å². The van der Waals surface area contributed by atoms with Crippen molar-refractivity contribution in [2.45, 2.75) is 13.3 Å². The van der Waals surface area contributed by atoms with E-state index in [1.165, 1.54) is 6.08 Å². The number of anilines is 1. The van der Waals surface area contributed by atoms with E-state index in [0.717, 1.165) is 11.1 Å². The van der Waals surface area contributed by atoms with Gasteiger partial charge in [-0.05, 0) is 60.4 Å². The minimum absolute atomic E-state index is 0.0466. The number of hydrogen-bond acceptors (Lipinski definition) is 4. The highest BCUT2D eigenvalue weighted by atomic mass is 35.5. The summed E-state index contributed by atoms with van der Waals surface area (Å²) in [4.78, 5) is 12.5. The minimum Gasteiger partial charge on any atom is -0.478 e. The van der Waals surface area contributed by atoms with Crippen LogP contribution in [0.2, 0.25) is 5.02 Å². The lowest BCUT2D eigenvalue weighted by Crippen LogP contribution is -2.14. The largest absolute Gasteiger partial charge is 0.478 e. The second-order valence-electron chi connectivity index (χ2n) is 5.84. The maximum Gasteiger partial charge on any atom is 0.266 e. The number of hydrogen-bond donors (Lipinski definition) is 1. The second kappa shape index (κ2) is 9.97. The molecule has 0 spiro atoms.